The van der Waals surface area contributed by atoms with Gasteiger partial charge >= 0.3 is 5.97 Å². The van der Waals surface area contributed by atoms with Gasteiger partial charge in [0.25, 0.3) is 0 Å². The molecule has 0 radical (unpaired) electrons. The average Bonchev–Trinajstić information content (AvgIpc) is 2.88. The fraction of sp³-hybridized carbons (Fsp3) is 0.500. The number of piperidine rings is 1. The third-order valence-electron chi connectivity index (χ3n) is 6.76. The number of nitrogens with zero attached hydrogens (tertiary/aromatic N) is 4. The minimum Gasteiger partial charge on any atom is -0.465 e. The molecule has 0 aliphatic carbocycles. The third-order valence-corrected chi connectivity index (χ3v) is 6.76. The fourth-order valence-electron chi connectivity index (χ4n) is 4.86. The molecule has 2 saturated heterocycles. The lowest BCUT2D eigenvalue weighted by Gasteiger charge is -2.36. The van der Waals surface area contributed by atoms with Crippen LogP contribution >= 0.6 is 0 Å². The Morgan fingerprint density at radius 1 is 1.03 bits per heavy atom. The van der Waals surface area contributed by atoms with Gasteiger partial charge < -0.3 is 14.5 Å². The van der Waals surface area contributed by atoms with Crippen molar-refractivity contribution in [2.75, 3.05) is 51.3 Å². The van der Waals surface area contributed by atoms with Gasteiger partial charge in [0.2, 0.25) is 5.91 Å². The van der Waals surface area contributed by atoms with E-state index in [-0.39, 0.29) is 11.9 Å². The SMILES string of the molecule is COC(=O)c1ccc(CN2CCC[C@@H](CCC(=O)N3CCN(c4ccccn4)CC3)C2)cc1. The highest BCUT2D eigenvalue weighted by atomic mass is 16.5. The molecule has 0 bridgehead atoms. The molecule has 0 unspecified atom stereocenters. The molecule has 2 aliphatic rings. The summed E-state index contributed by atoms with van der Waals surface area (Å²) >= 11 is 0. The number of ether oxygens (including phenoxy) is 1. The Labute approximate surface area is 196 Å². The van der Waals surface area contributed by atoms with E-state index < -0.39 is 0 Å². The monoisotopic (exact) mass is 450 g/mol. The van der Waals surface area contributed by atoms with E-state index in [0.29, 0.717) is 17.9 Å². The smallest absolute Gasteiger partial charge is 0.337 e. The van der Waals surface area contributed by atoms with Gasteiger partial charge in [-0.2, -0.15) is 0 Å². The summed E-state index contributed by atoms with van der Waals surface area (Å²) < 4.78 is 4.77. The molecular formula is C26H34N4O3. The summed E-state index contributed by atoms with van der Waals surface area (Å²) in [6.07, 6.45) is 5.77. The number of rotatable bonds is 7. The Morgan fingerprint density at radius 3 is 2.52 bits per heavy atom. The van der Waals surface area contributed by atoms with Crippen molar-refractivity contribution in [1.82, 2.24) is 14.8 Å². The van der Waals surface area contributed by atoms with Crippen molar-refractivity contribution >= 4 is 17.7 Å². The van der Waals surface area contributed by atoms with Crippen LogP contribution in [0.1, 0.15) is 41.6 Å². The molecule has 3 heterocycles. The highest BCUT2D eigenvalue weighted by Gasteiger charge is 2.24. The molecule has 7 heteroatoms. The van der Waals surface area contributed by atoms with Gasteiger partial charge in [-0.25, -0.2) is 9.78 Å². The molecule has 0 spiro atoms. The highest BCUT2D eigenvalue weighted by molar-refractivity contribution is 5.89. The minimum absolute atomic E-state index is 0.284. The molecule has 1 aromatic carbocycles. The van der Waals surface area contributed by atoms with Crippen LogP contribution in [0.3, 0.4) is 0 Å². The lowest BCUT2D eigenvalue weighted by Crippen LogP contribution is -2.49. The van der Waals surface area contributed by atoms with Crippen LogP contribution in [0.25, 0.3) is 0 Å². The average molecular weight is 451 g/mol. The summed E-state index contributed by atoms with van der Waals surface area (Å²) in [6.45, 7) is 6.21. The molecule has 33 heavy (non-hydrogen) atoms. The summed E-state index contributed by atoms with van der Waals surface area (Å²) in [6, 6.07) is 13.6. The fourth-order valence-corrected chi connectivity index (χ4v) is 4.86. The maximum atomic E-state index is 12.8. The van der Waals surface area contributed by atoms with Crippen LogP contribution in [-0.4, -0.2) is 73.0 Å². The number of methoxy groups -OCH3 is 1. The molecular weight excluding hydrogens is 416 g/mol. The van der Waals surface area contributed by atoms with Crippen LogP contribution in [0.5, 0.6) is 0 Å². The maximum absolute atomic E-state index is 12.8. The Hall–Kier alpha value is -2.93. The first-order valence-corrected chi connectivity index (χ1v) is 12.0. The second-order valence-corrected chi connectivity index (χ2v) is 9.03. The molecule has 0 N–H and O–H groups in total. The number of carbonyl (C=O) groups is 2. The standard InChI is InChI=1S/C26H34N4O3/c1-33-26(32)23-10-7-22(8-11-23)20-28-14-4-5-21(19-28)9-12-25(31)30-17-15-29(16-18-30)24-6-2-3-13-27-24/h2-3,6-8,10-11,13,21H,4-5,9,12,14-20H2,1H3/t21-/m0/s1. The van der Waals surface area contributed by atoms with Gasteiger partial charge in [-0.1, -0.05) is 18.2 Å². The van der Waals surface area contributed by atoms with Crippen LogP contribution in [0.15, 0.2) is 48.7 Å². The van der Waals surface area contributed by atoms with Crippen molar-refractivity contribution in [3.8, 4) is 0 Å². The summed E-state index contributed by atoms with van der Waals surface area (Å²) in [5, 5.41) is 0. The second kappa shape index (κ2) is 11.3. The number of hydrogen-bond donors (Lipinski definition) is 0. The van der Waals surface area contributed by atoms with E-state index in [1.807, 2.05) is 53.6 Å². The Morgan fingerprint density at radius 2 is 1.82 bits per heavy atom. The summed E-state index contributed by atoms with van der Waals surface area (Å²) in [5.41, 5.74) is 1.78. The number of esters is 1. The molecule has 176 valence electrons. The van der Waals surface area contributed by atoms with Crippen LogP contribution in [0.2, 0.25) is 0 Å². The number of piperazine rings is 1. The molecule has 2 aliphatic heterocycles. The maximum Gasteiger partial charge on any atom is 0.337 e. The lowest BCUT2D eigenvalue weighted by atomic mass is 9.92. The quantitative estimate of drug-likeness (QED) is 0.604. The molecule has 1 atom stereocenters. The van der Waals surface area contributed by atoms with Crippen LogP contribution < -0.4 is 4.90 Å². The third kappa shape index (κ3) is 6.32. The van der Waals surface area contributed by atoms with E-state index in [4.69, 9.17) is 4.74 Å². The number of pyridine rings is 1. The largest absolute Gasteiger partial charge is 0.465 e. The highest BCUT2D eigenvalue weighted by Crippen LogP contribution is 2.23. The van der Waals surface area contributed by atoms with E-state index in [9.17, 15) is 9.59 Å². The predicted molar refractivity (Wildman–Crippen MR) is 128 cm³/mol. The van der Waals surface area contributed by atoms with Gasteiger partial charge in [0.15, 0.2) is 0 Å². The van der Waals surface area contributed by atoms with Crippen LogP contribution in [0.4, 0.5) is 5.82 Å². The van der Waals surface area contributed by atoms with E-state index >= 15 is 0 Å². The van der Waals surface area contributed by atoms with Gasteiger partial charge in [-0.3, -0.25) is 9.69 Å². The molecule has 4 rings (SSSR count). The Balaban J connectivity index is 1.20. The first-order chi connectivity index (χ1) is 16.1. The summed E-state index contributed by atoms with van der Waals surface area (Å²) in [7, 11) is 1.40. The van der Waals surface area contributed by atoms with E-state index in [2.05, 4.69) is 14.8 Å². The van der Waals surface area contributed by atoms with Crippen molar-refractivity contribution in [3.05, 3.63) is 59.8 Å². The van der Waals surface area contributed by atoms with Gasteiger partial charge in [-0.05, 0) is 61.6 Å². The Kier molecular flexibility index (Phi) is 7.94. The van der Waals surface area contributed by atoms with E-state index in [1.165, 1.54) is 25.5 Å². The molecule has 0 saturated carbocycles. The molecule has 2 aromatic rings. The van der Waals surface area contributed by atoms with Gasteiger partial charge in [0.05, 0.1) is 12.7 Å². The molecule has 1 amide bonds. The topological polar surface area (TPSA) is 66.0 Å². The minimum atomic E-state index is -0.303. The zero-order valence-corrected chi connectivity index (χ0v) is 19.5. The van der Waals surface area contributed by atoms with Crippen molar-refractivity contribution in [1.29, 1.82) is 0 Å². The van der Waals surface area contributed by atoms with Crippen molar-refractivity contribution in [2.45, 2.75) is 32.2 Å². The molecule has 7 nitrogen and oxygen atoms in total. The summed E-state index contributed by atoms with van der Waals surface area (Å²) in [4.78, 5) is 35.6. The number of likely N-dealkylation sites (tertiary alicyclic amines) is 1. The van der Waals surface area contributed by atoms with Crippen LogP contribution in [0, 0.1) is 5.92 Å². The normalized spacial score (nSPS) is 19.4. The number of amides is 1. The Bertz CT molecular complexity index is 911. The number of benzene rings is 1. The van der Waals surface area contributed by atoms with Gasteiger partial charge in [-0.15, -0.1) is 0 Å². The number of anilines is 1. The number of hydrogen-bond acceptors (Lipinski definition) is 6. The first-order valence-electron chi connectivity index (χ1n) is 12.0. The zero-order chi connectivity index (χ0) is 23.0. The number of aromatic nitrogens is 1. The summed E-state index contributed by atoms with van der Waals surface area (Å²) in [5.74, 6) is 1.53. The zero-order valence-electron chi connectivity index (χ0n) is 19.5. The van der Waals surface area contributed by atoms with Crippen molar-refractivity contribution < 1.29 is 14.3 Å². The van der Waals surface area contributed by atoms with Crippen molar-refractivity contribution in [2.24, 2.45) is 5.92 Å². The number of carbonyl (C=O) groups excluding carboxylic acids is 2. The van der Waals surface area contributed by atoms with Crippen molar-refractivity contribution in [3.63, 3.8) is 0 Å². The first kappa shape index (κ1) is 23.2. The van der Waals surface area contributed by atoms with Gasteiger partial charge in [0, 0.05) is 51.9 Å². The molecule has 2 fully saturated rings. The lowest BCUT2D eigenvalue weighted by molar-refractivity contribution is -0.131. The predicted octanol–water partition coefficient (Wildman–Crippen LogP) is 3.21. The second-order valence-electron chi connectivity index (χ2n) is 9.03. The van der Waals surface area contributed by atoms with Gasteiger partial charge in [0.1, 0.15) is 5.82 Å². The van der Waals surface area contributed by atoms with E-state index in [1.54, 1.807) is 0 Å². The van der Waals surface area contributed by atoms with Crippen LogP contribution in [-0.2, 0) is 16.1 Å². The van der Waals surface area contributed by atoms with E-state index in [0.717, 1.165) is 58.1 Å². The molecule has 1 aromatic heterocycles.